The van der Waals surface area contributed by atoms with Crippen LogP contribution in [0.15, 0.2) is 30.3 Å². The lowest BCUT2D eigenvalue weighted by Gasteiger charge is -2.54. The lowest BCUT2D eigenvalue weighted by Crippen LogP contribution is -2.68. The van der Waals surface area contributed by atoms with E-state index in [1.165, 1.54) is 14.0 Å². The number of nitrogens with one attached hydrogen (secondary N) is 1. The van der Waals surface area contributed by atoms with Crippen molar-refractivity contribution in [3.8, 4) is 0 Å². The average molecular weight is 306 g/mol. The number of hydrogen-bond donors (Lipinski definition) is 2. The zero-order valence-corrected chi connectivity index (χ0v) is 12.9. The van der Waals surface area contributed by atoms with Gasteiger partial charge in [-0.2, -0.15) is 0 Å². The van der Waals surface area contributed by atoms with Gasteiger partial charge in [0.2, 0.25) is 11.8 Å². The monoisotopic (exact) mass is 306 g/mol. The summed E-state index contributed by atoms with van der Waals surface area (Å²) in [6.45, 7) is 1.72. The molecule has 0 spiro atoms. The first-order valence-corrected chi connectivity index (χ1v) is 7.30. The Morgan fingerprint density at radius 3 is 2.50 bits per heavy atom. The Bertz CT molecular complexity index is 520. The number of likely N-dealkylation sites (tertiary alicyclic amines) is 1. The Labute approximate surface area is 130 Å². The maximum absolute atomic E-state index is 11.8. The third-order valence-corrected chi connectivity index (χ3v) is 4.06. The van der Waals surface area contributed by atoms with Gasteiger partial charge in [-0.1, -0.05) is 30.3 Å². The minimum absolute atomic E-state index is 0.00771. The molecule has 2 rings (SSSR count). The quantitative estimate of drug-likeness (QED) is 0.783. The summed E-state index contributed by atoms with van der Waals surface area (Å²) in [5.41, 5.74) is 1.06. The van der Waals surface area contributed by atoms with Crippen LogP contribution in [0.2, 0.25) is 0 Å². The van der Waals surface area contributed by atoms with Gasteiger partial charge in [-0.15, -0.1) is 0 Å². The normalized spacial score (nSPS) is 23.8. The molecule has 0 unspecified atom stereocenters. The topological polar surface area (TPSA) is 78.9 Å². The molecule has 0 aromatic heterocycles. The third-order valence-electron chi connectivity index (χ3n) is 4.06. The van der Waals surface area contributed by atoms with Crippen molar-refractivity contribution in [2.45, 2.75) is 24.9 Å². The summed E-state index contributed by atoms with van der Waals surface area (Å²) in [5.74, 6) is -0.305. The molecule has 6 heteroatoms. The van der Waals surface area contributed by atoms with E-state index in [9.17, 15) is 14.7 Å². The first-order chi connectivity index (χ1) is 10.6. The number of hydrogen-bond acceptors (Lipinski definition) is 4. The van der Waals surface area contributed by atoms with E-state index in [-0.39, 0.29) is 43.0 Å². The fourth-order valence-corrected chi connectivity index (χ4v) is 3.16. The van der Waals surface area contributed by atoms with Gasteiger partial charge in [0.25, 0.3) is 0 Å². The molecule has 0 aliphatic carbocycles. The highest BCUT2D eigenvalue weighted by Gasteiger charge is 2.49. The van der Waals surface area contributed by atoms with Crippen LogP contribution >= 0.6 is 0 Å². The van der Waals surface area contributed by atoms with E-state index in [0.717, 1.165) is 5.56 Å². The zero-order chi connectivity index (χ0) is 16.1. The Morgan fingerprint density at radius 1 is 1.27 bits per heavy atom. The number of amides is 2. The second-order valence-electron chi connectivity index (χ2n) is 5.42. The molecule has 1 heterocycles. The van der Waals surface area contributed by atoms with Gasteiger partial charge in [-0.3, -0.25) is 9.59 Å². The first kappa shape index (κ1) is 16.5. The van der Waals surface area contributed by atoms with Crippen molar-refractivity contribution < 1.29 is 19.4 Å². The standard InChI is InChI=1S/C16H22N2O4/c1-11(20)18-13(8-17-15(21)10-22-2)16(14(18)9-19)12-6-4-3-5-7-12/h3-7,13-14,16,19H,8-10H2,1-2H3,(H,17,21)/t13-,14+,16-/m0/s1. The van der Waals surface area contributed by atoms with Gasteiger partial charge in [0.15, 0.2) is 0 Å². The number of ether oxygens (including phenoxy) is 1. The summed E-state index contributed by atoms with van der Waals surface area (Å²) >= 11 is 0. The van der Waals surface area contributed by atoms with Crippen molar-refractivity contribution in [3.05, 3.63) is 35.9 Å². The molecule has 1 saturated heterocycles. The molecule has 1 fully saturated rings. The fraction of sp³-hybridized carbons (Fsp3) is 0.500. The molecule has 0 saturated carbocycles. The van der Waals surface area contributed by atoms with Crippen molar-refractivity contribution >= 4 is 11.8 Å². The number of methoxy groups -OCH3 is 1. The summed E-state index contributed by atoms with van der Waals surface area (Å²) in [5, 5.41) is 12.4. The van der Waals surface area contributed by atoms with Gasteiger partial charge in [0, 0.05) is 26.5 Å². The zero-order valence-electron chi connectivity index (χ0n) is 12.9. The van der Waals surface area contributed by atoms with E-state index in [0.29, 0.717) is 6.54 Å². The predicted molar refractivity (Wildman–Crippen MR) is 81.3 cm³/mol. The molecule has 1 aliphatic rings. The van der Waals surface area contributed by atoms with Crippen LogP contribution in [-0.4, -0.2) is 60.8 Å². The van der Waals surface area contributed by atoms with Gasteiger partial charge in [0.05, 0.1) is 18.7 Å². The van der Waals surface area contributed by atoms with Crippen LogP contribution in [0.4, 0.5) is 0 Å². The first-order valence-electron chi connectivity index (χ1n) is 7.30. The molecule has 22 heavy (non-hydrogen) atoms. The predicted octanol–water partition coefficient (Wildman–Crippen LogP) is 0.124. The highest BCUT2D eigenvalue weighted by atomic mass is 16.5. The summed E-state index contributed by atoms with van der Waals surface area (Å²) in [6, 6.07) is 9.35. The van der Waals surface area contributed by atoms with E-state index in [4.69, 9.17) is 4.74 Å². The molecule has 2 N–H and O–H groups in total. The number of aliphatic hydroxyl groups is 1. The molecule has 1 aromatic rings. The molecule has 6 nitrogen and oxygen atoms in total. The lowest BCUT2D eigenvalue weighted by molar-refractivity contribution is -0.148. The lowest BCUT2D eigenvalue weighted by atomic mass is 9.75. The van der Waals surface area contributed by atoms with Crippen LogP contribution in [0.1, 0.15) is 18.4 Å². The minimum Gasteiger partial charge on any atom is -0.394 e. The van der Waals surface area contributed by atoms with Crippen LogP contribution < -0.4 is 5.32 Å². The number of carbonyl (C=O) groups excluding carboxylic acids is 2. The van der Waals surface area contributed by atoms with Gasteiger partial charge >= 0.3 is 0 Å². The number of benzene rings is 1. The van der Waals surface area contributed by atoms with Crippen LogP contribution in [0, 0.1) is 0 Å². The Hall–Kier alpha value is -1.92. The van der Waals surface area contributed by atoms with Gasteiger partial charge in [-0.05, 0) is 5.56 Å². The van der Waals surface area contributed by atoms with Crippen molar-refractivity contribution in [1.82, 2.24) is 10.2 Å². The largest absolute Gasteiger partial charge is 0.394 e. The summed E-state index contributed by atoms with van der Waals surface area (Å²) < 4.78 is 4.78. The van der Waals surface area contributed by atoms with Gasteiger partial charge < -0.3 is 20.1 Å². The van der Waals surface area contributed by atoms with E-state index in [2.05, 4.69) is 5.32 Å². The maximum Gasteiger partial charge on any atom is 0.246 e. The Balaban J connectivity index is 2.14. The Morgan fingerprint density at radius 2 is 1.95 bits per heavy atom. The number of nitrogens with zero attached hydrogens (tertiary/aromatic N) is 1. The molecule has 2 amide bonds. The molecule has 1 aliphatic heterocycles. The van der Waals surface area contributed by atoms with E-state index < -0.39 is 0 Å². The van der Waals surface area contributed by atoms with Crippen molar-refractivity contribution in [3.63, 3.8) is 0 Å². The maximum atomic E-state index is 11.8. The van der Waals surface area contributed by atoms with Crippen molar-refractivity contribution in [2.75, 3.05) is 26.9 Å². The second kappa shape index (κ2) is 7.38. The number of carbonyl (C=O) groups is 2. The van der Waals surface area contributed by atoms with Gasteiger partial charge in [0.1, 0.15) is 6.61 Å². The highest BCUT2D eigenvalue weighted by molar-refractivity contribution is 5.78. The number of rotatable bonds is 6. The molecule has 3 atom stereocenters. The summed E-state index contributed by atoms with van der Waals surface area (Å²) in [7, 11) is 1.46. The van der Waals surface area contributed by atoms with Crippen molar-refractivity contribution in [2.24, 2.45) is 0 Å². The highest BCUT2D eigenvalue weighted by Crippen LogP contribution is 2.40. The number of aliphatic hydroxyl groups excluding tert-OH is 1. The molecular weight excluding hydrogens is 284 g/mol. The Kier molecular flexibility index (Phi) is 5.51. The van der Waals surface area contributed by atoms with E-state index in [1.807, 2.05) is 30.3 Å². The molecule has 0 radical (unpaired) electrons. The second-order valence-corrected chi connectivity index (χ2v) is 5.42. The minimum atomic E-state index is -0.246. The SMILES string of the molecule is COCC(=O)NC[C@H]1[C@H](c2ccccc2)[C@@H](CO)N1C(C)=O. The molecule has 0 bridgehead atoms. The molecular formula is C16H22N2O4. The van der Waals surface area contributed by atoms with E-state index >= 15 is 0 Å². The average Bonchev–Trinajstić information content (AvgIpc) is 2.47. The van der Waals surface area contributed by atoms with E-state index in [1.54, 1.807) is 4.90 Å². The van der Waals surface area contributed by atoms with Crippen LogP contribution in [0.25, 0.3) is 0 Å². The van der Waals surface area contributed by atoms with Crippen LogP contribution in [-0.2, 0) is 14.3 Å². The summed E-state index contributed by atoms with van der Waals surface area (Å²) in [4.78, 5) is 25.0. The smallest absolute Gasteiger partial charge is 0.246 e. The third kappa shape index (κ3) is 3.28. The fourth-order valence-electron chi connectivity index (χ4n) is 3.16. The molecule has 120 valence electrons. The van der Waals surface area contributed by atoms with Crippen LogP contribution in [0.5, 0.6) is 0 Å². The van der Waals surface area contributed by atoms with Gasteiger partial charge in [-0.25, -0.2) is 0 Å². The molecule has 1 aromatic carbocycles. The summed E-state index contributed by atoms with van der Waals surface area (Å²) in [6.07, 6.45) is 0. The van der Waals surface area contributed by atoms with Crippen LogP contribution in [0.3, 0.4) is 0 Å². The van der Waals surface area contributed by atoms with Crippen molar-refractivity contribution in [1.29, 1.82) is 0 Å².